The van der Waals surface area contributed by atoms with Crippen LogP contribution in [0.15, 0.2) is 0 Å². The summed E-state index contributed by atoms with van der Waals surface area (Å²) in [4.78, 5) is 0. The quantitative estimate of drug-likeness (QED) is 0.606. The lowest BCUT2D eigenvalue weighted by Gasteiger charge is -2.03. The molecule has 0 aromatic carbocycles. The molecule has 16 heavy (non-hydrogen) atoms. The maximum Gasteiger partial charge on any atom is 0.413 e. The number of aliphatic hydroxyl groups is 1. The molecule has 11 heteroatoms. The van der Waals surface area contributed by atoms with Crippen molar-refractivity contribution in [2.75, 3.05) is 19.5 Å². The van der Waals surface area contributed by atoms with Crippen LogP contribution in [0.4, 0.5) is 26.3 Å². The minimum Gasteiger partial charge on any atom is -0.387 e. The topological polar surface area (TPSA) is 63.6 Å². The predicted octanol–water partition coefficient (Wildman–Crippen LogP) is 1.07. The van der Waals surface area contributed by atoms with Crippen molar-refractivity contribution < 1.29 is 44.0 Å². The van der Waals surface area contributed by atoms with Crippen molar-refractivity contribution >= 4 is 10.1 Å². The lowest BCUT2D eigenvalue weighted by Crippen LogP contribution is -2.19. The van der Waals surface area contributed by atoms with Crippen LogP contribution >= 0.6 is 0 Å². The summed E-state index contributed by atoms with van der Waals surface area (Å²) in [5.74, 6) is 0. The average Bonchev–Trinajstić information content (AvgIpc) is 1.98. The fraction of sp³-hybridized carbons (Fsp3) is 1.00. The number of alkyl halides is 6. The summed E-state index contributed by atoms with van der Waals surface area (Å²) < 4.78 is 88.5. The van der Waals surface area contributed by atoms with Crippen LogP contribution in [0.1, 0.15) is 0 Å². The number of hydrogen-bond acceptors (Lipinski definition) is 4. The van der Waals surface area contributed by atoms with E-state index in [-0.39, 0.29) is 0 Å². The van der Waals surface area contributed by atoms with Crippen molar-refractivity contribution in [2.24, 2.45) is 0 Å². The molecule has 0 radical (unpaired) electrons. The molecule has 0 spiro atoms. The van der Waals surface area contributed by atoms with Gasteiger partial charge in [-0.2, -0.15) is 34.8 Å². The Morgan fingerprint density at radius 2 is 1.38 bits per heavy atom. The van der Waals surface area contributed by atoms with Crippen LogP contribution in [0.3, 0.4) is 0 Å². The third-order valence-corrected chi connectivity index (χ3v) is 1.16. The molecule has 0 fully saturated rings. The Kier molecular flexibility index (Phi) is 6.97. The zero-order chi connectivity index (χ0) is 13.6. The summed E-state index contributed by atoms with van der Waals surface area (Å²) in [6.45, 7) is -3.49. The van der Waals surface area contributed by atoms with Gasteiger partial charge in [-0.1, -0.05) is 0 Å². The van der Waals surface area contributed by atoms with Crippen LogP contribution in [0.2, 0.25) is 0 Å². The Morgan fingerprint density at radius 1 is 1.06 bits per heavy atom. The van der Waals surface area contributed by atoms with E-state index in [0.29, 0.717) is 6.26 Å². The molecule has 0 aliphatic heterocycles. The standard InChI is InChI=1S/C3H5F3O3S.C2H3F3O/c1-10(7,8)9-2-3(4,5)6;3-2(4,5)1-6/h2H2,1H3;6H,1H2. The van der Waals surface area contributed by atoms with Crippen molar-refractivity contribution in [1.29, 1.82) is 0 Å². The average molecular weight is 278 g/mol. The number of hydrogen-bond donors (Lipinski definition) is 1. The Hall–Kier alpha value is -0.550. The van der Waals surface area contributed by atoms with Crippen molar-refractivity contribution in [3.63, 3.8) is 0 Å². The first kappa shape index (κ1) is 17.8. The van der Waals surface area contributed by atoms with Crippen molar-refractivity contribution in [1.82, 2.24) is 0 Å². The van der Waals surface area contributed by atoms with Gasteiger partial charge in [-0.15, -0.1) is 0 Å². The molecule has 0 aliphatic rings. The molecule has 0 aromatic heterocycles. The maximum absolute atomic E-state index is 11.2. The second kappa shape index (κ2) is 6.25. The summed E-state index contributed by atoms with van der Waals surface area (Å²) in [5.41, 5.74) is 0. The first-order valence-corrected chi connectivity index (χ1v) is 5.17. The van der Waals surface area contributed by atoms with Gasteiger partial charge in [0.15, 0.2) is 6.61 Å². The first-order valence-electron chi connectivity index (χ1n) is 3.35. The Balaban J connectivity index is 0. The lowest BCUT2D eigenvalue weighted by atomic mass is 10.7. The number of rotatable bonds is 2. The molecule has 0 unspecified atom stereocenters. The van der Waals surface area contributed by atoms with E-state index in [2.05, 4.69) is 4.18 Å². The molecule has 100 valence electrons. The van der Waals surface area contributed by atoms with E-state index in [9.17, 15) is 34.8 Å². The van der Waals surface area contributed by atoms with Crippen LogP contribution in [0, 0.1) is 0 Å². The molecule has 0 heterocycles. The largest absolute Gasteiger partial charge is 0.413 e. The first-order chi connectivity index (χ1) is 6.77. The van der Waals surface area contributed by atoms with Crippen molar-refractivity contribution in [3.8, 4) is 0 Å². The molecule has 0 aromatic rings. The summed E-state index contributed by atoms with van der Waals surface area (Å²) >= 11 is 0. The van der Waals surface area contributed by atoms with Crippen molar-refractivity contribution in [3.05, 3.63) is 0 Å². The van der Waals surface area contributed by atoms with Crippen LogP contribution in [0.5, 0.6) is 0 Å². The van der Waals surface area contributed by atoms with Crippen LogP contribution in [-0.4, -0.2) is 45.3 Å². The van der Waals surface area contributed by atoms with Gasteiger partial charge in [0.2, 0.25) is 0 Å². The molecular weight excluding hydrogens is 270 g/mol. The van der Waals surface area contributed by atoms with E-state index in [0.717, 1.165) is 0 Å². The van der Waals surface area contributed by atoms with Gasteiger partial charge in [0, 0.05) is 0 Å². The fourth-order valence-electron chi connectivity index (χ4n) is 0.174. The minimum absolute atomic E-state index is 0.554. The van der Waals surface area contributed by atoms with Crippen LogP contribution in [0.25, 0.3) is 0 Å². The molecule has 0 aliphatic carbocycles. The second-order valence-corrected chi connectivity index (χ2v) is 4.00. The van der Waals surface area contributed by atoms with Crippen molar-refractivity contribution in [2.45, 2.75) is 12.4 Å². The highest BCUT2D eigenvalue weighted by molar-refractivity contribution is 7.85. The monoisotopic (exact) mass is 278 g/mol. The number of halogens is 6. The van der Waals surface area contributed by atoms with E-state index >= 15 is 0 Å². The lowest BCUT2D eigenvalue weighted by molar-refractivity contribution is -0.159. The molecule has 0 bridgehead atoms. The Bertz CT molecular complexity index is 278. The van der Waals surface area contributed by atoms with Crippen LogP contribution < -0.4 is 0 Å². The molecule has 0 atom stereocenters. The summed E-state index contributed by atoms with van der Waals surface area (Å²) in [7, 11) is -3.98. The van der Waals surface area contributed by atoms with Gasteiger partial charge >= 0.3 is 12.4 Å². The third kappa shape index (κ3) is 23.3. The van der Waals surface area contributed by atoms with Gasteiger partial charge < -0.3 is 5.11 Å². The molecule has 0 saturated carbocycles. The van der Waals surface area contributed by atoms with Gasteiger partial charge in [-0.3, -0.25) is 4.18 Å². The smallest absolute Gasteiger partial charge is 0.387 e. The Morgan fingerprint density at radius 3 is 1.44 bits per heavy atom. The third-order valence-electron chi connectivity index (χ3n) is 0.616. The molecule has 0 rings (SSSR count). The van der Waals surface area contributed by atoms with E-state index in [1.54, 1.807) is 0 Å². The second-order valence-electron chi connectivity index (χ2n) is 2.35. The number of aliphatic hydroxyl groups excluding tert-OH is 1. The fourth-order valence-corrected chi connectivity index (χ4v) is 0.522. The van der Waals surface area contributed by atoms with E-state index in [1.807, 2.05) is 0 Å². The SMILES string of the molecule is CS(=O)(=O)OCC(F)(F)F.OCC(F)(F)F. The maximum atomic E-state index is 11.2. The summed E-state index contributed by atoms with van der Waals surface area (Å²) in [6, 6.07) is 0. The van der Waals surface area contributed by atoms with E-state index < -0.39 is 35.7 Å². The van der Waals surface area contributed by atoms with Gasteiger partial charge in [-0.05, 0) is 0 Å². The zero-order valence-electron chi connectivity index (χ0n) is 7.76. The van der Waals surface area contributed by atoms with E-state index in [1.165, 1.54) is 0 Å². The van der Waals surface area contributed by atoms with Gasteiger partial charge in [-0.25, -0.2) is 0 Å². The molecule has 4 nitrogen and oxygen atoms in total. The molecule has 1 N–H and O–H groups in total. The van der Waals surface area contributed by atoms with Crippen LogP contribution in [-0.2, 0) is 14.3 Å². The molecular formula is C5H8F6O4S. The highest BCUT2D eigenvalue weighted by Crippen LogP contribution is 2.15. The molecule has 0 saturated heterocycles. The van der Waals surface area contributed by atoms with Gasteiger partial charge in [0.05, 0.1) is 6.26 Å². The van der Waals surface area contributed by atoms with Gasteiger partial charge in [0.25, 0.3) is 10.1 Å². The van der Waals surface area contributed by atoms with Gasteiger partial charge in [0.1, 0.15) is 6.61 Å². The van der Waals surface area contributed by atoms with E-state index in [4.69, 9.17) is 5.11 Å². The highest BCUT2D eigenvalue weighted by Gasteiger charge is 2.29. The predicted molar refractivity (Wildman–Crippen MR) is 40.0 cm³/mol. The zero-order valence-corrected chi connectivity index (χ0v) is 8.58. The molecule has 0 amide bonds. The summed E-state index contributed by atoms with van der Waals surface area (Å²) in [6.07, 6.45) is -8.44. The Labute approximate surface area is 86.9 Å². The highest BCUT2D eigenvalue weighted by atomic mass is 32.2. The minimum atomic E-state index is -4.59. The summed E-state index contributed by atoms with van der Waals surface area (Å²) in [5, 5.41) is 7.28. The normalized spacial score (nSPS) is 13.0.